The predicted molar refractivity (Wildman–Crippen MR) is 62.4 cm³/mol. The molecule has 0 aromatic carbocycles. The number of aromatic nitrogens is 2. The number of nitrogens with zero attached hydrogens (tertiary/aromatic N) is 3. The lowest BCUT2D eigenvalue weighted by atomic mass is 10.1. The van der Waals surface area contributed by atoms with Crippen LogP contribution in [0.5, 0.6) is 0 Å². The summed E-state index contributed by atoms with van der Waals surface area (Å²) in [4.78, 5) is 15.1. The smallest absolute Gasteiger partial charge is 0.205 e. The lowest BCUT2D eigenvalue weighted by molar-refractivity contribution is 0.618. The van der Waals surface area contributed by atoms with Gasteiger partial charge in [-0.1, -0.05) is 13.8 Å². The van der Waals surface area contributed by atoms with Gasteiger partial charge in [0.2, 0.25) is 5.82 Å². The summed E-state index contributed by atoms with van der Waals surface area (Å²) in [5, 5.41) is 2.93. The molecule has 0 saturated heterocycles. The molecule has 0 radical (unpaired) electrons. The minimum absolute atomic E-state index is 0.0579. The van der Waals surface area contributed by atoms with Crippen LogP contribution in [0.3, 0.4) is 0 Å². The Morgan fingerprint density at radius 2 is 2.25 bits per heavy atom. The number of halogens is 2. The first-order chi connectivity index (χ1) is 7.54. The molecule has 0 N–H and O–H groups in total. The number of hydrogen-bond acceptors (Lipinski definition) is 3. The zero-order chi connectivity index (χ0) is 11.9. The van der Waals surface area contributed by atoms with Crippen molar-refractivity contribution in [3.8, 4) is 0 Å². The molecular formula is C10H9BrFN3O. The minimum atomic E-state index is -0.447. The van der Waals surface area contributed by atoms with E-state index in [9.17, 15) is 9.30 Å². The largest absolute Gasteiger partial charge is 0.278 e. The highest BCUT2D eigenvalue weighted by Crippen LogP contribution is 2.30. The van der Waals surface area contributed by atoms with E-state index in [1.165, 1.54) is 16.7 Å². The first-order valence-electron chi connectivity index (χ1n) is 4.75. The molecule has 6 heteroatoms. The van der Waals surface area contributed by atoms with Crippen LogP contribution in [0, 0.1) is 10.7 Å². The zero-order valence-electron chi connectivity index (χ0n) is 8.74. The van der Waals surface area contributed by atoms with E-state index in [0.717, 1.165) is 0 Å². The number of imidazole rings is 1. The van der Waals surface area contributed by atoms with Crippen molar-refractivity contribution in [1.82, 2.24) is 9.38 Å². The zero-order valence-corrected chi connectivity index (χ0v) is 10.3. The van der Waals surface area contributed by atoms with E-state index < -0.39 is 5.82 Å². The Kier molecular flexibility index (Phi) is 2.75. The fourth-order valence-corrected chi connectivity index (χ4v) is 2.06. The number of pyridine rings is 1. The Balaban J connectivity index is 2.87. The fraction of sp³-hybridized carbons (Fsp3) is 0.300. The number of nitroso groups, excluding NO2 is 1. The minimum Gasteiger partial charge on any atom is -0.278 e. The molecule has 2 aromatic rings. The van der Waals surface area contributed by atoms with Crippen molar-refractivity contribution in [1.29, 1.82) is 0 Å². The molecule has 0 aliphatic carbocycles. The first-order valence-corrected chi connectivity index (χ1v) is 5.54. The van der Waals surface area contributed by atoms with Crippen LogP contribution < -0.4 is 0 Å². The SMILES string of the molecule is CC(C)c1nc2c(Br)cc(F)cn2c1N=O. The van der Waals surface area contributed by atoms with Gasteiger partial charge in [0.1, 0.15) is 5.82 Å². The van der Waals surface area contributed by atoms with Crippen LogP contribution in [-0.4, -0.2) is 9.38 Å². The van der Waals surface area contributed by atoms with Crippen LogP contribution in [0.15, 0.2) is 21.9 Å². The van der Waals surface area contributed by atoms with Gasteiger partial charge in [0, 0.05) is 6.20 Å². The molecule has 0 fully saturated rings. The quantitative estimate of drug-likeness (QED) is 0.789. The van der Waals surface area contributed by atoms with Gasteiger partial charge >= 0.3 is 0 Å². The normalized spacial score (nSPS) is 11.3. The second-order valence-corrected chi connectivity index (χ2v) is 4.62. The average molecular weight is 286 g/mol. The molecular weight excluding hydrogens is 277 g/mol. The summed E-state index contributed by atoms with van der Waals surface area (Å²) in [6.45, 7) is 3.81. The van der Waals surface area contributed by atoms with E-state index >= 15 is 0 Å². The van der Waals surface area contributed by atoms with E-state index in [4.69, 9.17) is 0 Å². The van der Waals surface area contributed by atoms with E-state index in [2.05, 4.69) is 26.1 Å². The van der Waals surface area contributed by atoms with Crippen LogP contribution >= 0.6 is 15.9 Å². The van der Waals surface area contributed by atoms with E-state index in [1.54, 1.807) is 0 Å². The van der Waals surface area contributed by atoms with Crippen molar-refractivity contribution < 1.29 is 4.39 Å². The van der Waals surface area contributed by atoms with Gasteiger partial charge in [-0.25, -0.2) is 9.37 Å². The topological polar surface area (TPSA) is 46.7 Å². The van der Waals surface area contributed by atoms with Crippen molar-refractivity contribution in [2.45, 2.75) is 19.8 Å². The molecule has 0 saturated carbocycles. The maximum Gasteiger partial charge on any atom is 0.205 e. The standard InChI is InChI=1S/C10H9BrFN3O/c1-5(2)8-10(14-16)15-4-6(12)3-7(11)9(15)13-8/h3-5H,1-2H3. The Bertz CT molecular complexity index is 565. The molecule has 0 amide bonds. The highest BCUT2D eigenvalue weighted by atomic mass is 79.9. The van der Waals surface area contributed by atoms with Gasteiger partial charge in [-0.15, -0.1) is 4.91 Å². The average Bonchev–Trinajstić information content (AvgIpc) is 2.56. The third kappa shape index (κ3) is 1.63. The third-order valence-electron chi connectivity index (χ3n) is 2.28. The second kappa shape index (κ2) is 3.93. The summed E-state index contributed by atoms with van der Waals surface area (Å²) in [6.07, 6.45) is 1.20. The Morgan fingerprint density at radius 3 is 2.81 bits per heavy atom. The lowest BCUT2D eigenvalue weighted by Gasteiger charge is -1.99. The number of fused-ring (bicyclic) bond motifs is 1. The summed E-state index contributed by atoms with van der Waals surface area (Å²) in [7, 11) is 0. The Morgan fingerprint density at radius 1 is 1.56 bits per heavy atom. The van der Waals surface area contributed by atoms with E-state index in [1.807, 2.05) is 13.8 Å². The molecule has 0 aliphatic rings. The van der Waals surface area contributed by atoms with Crippen molar-refractivity contribution in [3.05, 3.63) is 33.2 Å². The molecule has 0 unspecified atom stereocenters. The van der Waals surface area contributed by atoms with Gasteiger partial charge < -0.3 is 0 Å². The van der Waals surface area contributed by atoms with Crippen LogP contribution in [0.4, 0.5) is 10.2 Å². The van der Waals surface area contributed by atoms with Crippen molar-refractivity contribution >= 4 is 27.4 Å². The van der Waals surface area contributed by atoms with E-state index in [0.29, 0.717) is 15.8 Å². The van der Waals surface area contributed by atoms with Gasteiger partial charge in [-0.3, -0.25) is 4.40 Å². The summed E-state index contributed by atoms with van der Waals surface area (Å²) in [5.41, 5.74) is 1.07. The van der Waals surface area contributed by atoms with E-state index in [-0.39, 0.29) is 11.7 Å². The Hall–Kier alpha value is -1.30. The molecule has 0 atom stereocenters. The van der Waals surface area contributed by atoms with Gasteiger partial charge in [0.25, 0.3) is 0 Å². The van der Waals surface area contributed by atoms with Crippen LogP contribution in [0.1, 0.15) is 25.5 Å². The first kappa shape index (κ1) is 11.2. The second-order valence-electron chi connectivity index (χ2n) is 3.77. The van der Waals surface area contributed by atoms with Crippen LogP contribution in [-0.2, 0) is 0 Å². The fourth-order valence-electron chi connectivity index (χ4n) is 1.56. The molecule has 0 spiro atoms. The highest BCUT2D eigenvalue weighted by molar-refractivity contribution is 9.10. The van der Waals surface area contributed by atoms with Crippen molar-refractivity contribution in [2.75, 3.05) is 0 Å². The maximum absolute atomic E-state index is 13.2. The summed E-state index contributed by atoms with van der Waals surface area (Å²) >= 11 is 3.21. The van der Waals surface area contributed by atoms with Crippen LogP contribution in [0.2, 0.25) is 0 Å². The van der Waals surface area contributed by atoms with Crippen LogP contribution in [0.25, 0.3) is 5.65 Å². The number of rotatable bonds is 2. The lowest BCUT2D eigenvalue weighted by Crippen LogP contribution is -1.88. The molecule has 2 rings (SSSR count). The highest BCUT2D eigenvalue weighted by Gasteiger charge is 2.18. The van der Waals surface area contributed by atoms with Gasteiger partial charge in [-0.05, 0) is 33.1 Å². The van der Waals surface area contributed by atoms with Gasteiger partial charge in [-0.2, -0.15) is 0 Å². The summed E-state index contributed by atoms with van der Waals surface area (Å²) in [5.74, 6) is -0.232. The molecule has 2 aromatic heterocycles. The van der Waals surface area contributed by atoms with Gasteiger partial charge in [0.15, 0.2) is 5.65 Å². The van der Waals surface area contributed by atoms with Gasteiger partial charge in [0.05, 0.1) is 10.2 Å². The number of hydrogen-bond donors (Lipinski definition) is 0. The summed E-state index contributed by atoms with van der Waals surface area (Å²) in [6, 6.07) is 1.31. The molecule has 84 valence electrons. The van der Waals surface area contributed by atoms with Crippen molar-refractivity contribution in [2.24, 2.45) is 5.18 Å². The molecule has 0 aliphatic heterocycles. The maximum atomic E-state index is 13.2. The molecule has 4 nitrogen and oxygen atoms in total. The summed E-state index contributed by atoms with van der Waals surface area (Å²) < 4.78 is 15.1. The molecule has 0 bridgehead atoms. The predicted octanol–water partition coefficient (Wildman–Crippen LogP) is 3.76. The molecule has 2 heterocycles. The molecule has 16 heavy (non-hydrogen) atoms. The Labute approximate surface area is 99.6 Å². The third-order valence-corrected chi connectivity index (χ3v) is 2.86. The van der Waals surface area contributed by atoms with Crippen molar-refractivity contribution in [3.63, 3.8) is 0 Å². The monoisotopic (exact) mass is 285 g/mol.